The van der Waals surface area contributed by atoms with Crippen LogP contribution in [0.5, 0.6) is 5.75 Å². The van der Waals surface area contributed by atoms with Crippen molar-refractivity contribution >= 4 is 33.7 Å². The van der Waals surface area contributed by atoms with Gasteiger partial charge in [0.2, 0.25) is 0 Å². The Labute approximate surface area is 192 Å². The Bertz CT molecular complexity index is 1430. The average Bonchev–Trinajstić information content (AvgIpc) is 3.64. The van der Waals surface area contributed by atoms with Gasteiger partial charge in [-0.2, -0.15) is 0 Å². The van der Waals surface area contributed by atoms with Gasteiger partial charge >= 0.3 is 193 Å². The average molecular weight is 450 g/mol. The summed E-state index contributed by atoms with van der Waals surface area (Å²) in [7, 11) is -3.70. The molecule has 0 spiro atoms. The van der Waals surface area contributed by atoms with Crippen LogP contribution in [0.3, 0.4) is 0 Å². The zero-order chi connectivity index (χ0) is 22.5. The maximum atomic E-state index is 11.1. The summed E-state index contributed by atoms with van der Waals surface area (Å²) >= 11 is 0. The van der Waals surface area contributed by atoms with Gasteiger partial charge in [-0.1, -0.05) is 0 Å². The molecule has 4 heteroatoms. The number of hydrogen-bond acceptors (Lipinski definition) is 3. The van der Waals surface area contributed by atoms with Crippen LogP contribution in [0.4, 0.5) is 0 Å². The van der Waals surface area contributed by atoms with Gasteiger partial charge in [0.05, 0.1) is 0 Å². The molecular weight excluding hydrogens is 427 g/mol. The van der Waals surface area contributed by atoms with Crippen LogP contribution in [0.25, 0.3) is 21.9 Å². The Morgan fingerprint density at radius 3 is 1.70 bits per heavy atom. The molecule has 162 valence electrons. The fourth-order valence-electron chi connectivity index (χ4n) is 4.88. The number of benzene rings is 5. The fourth-order valence-corrected chi connectivity index (χ4v) is 9.27. The Morgan fingerprint density at radius 1 is 0.606 bits per heavy atom. The predicted molar refractivity (Wildman–Crippen MR) is 137 cm³/mol. The van der Waals surface area contributed by atoms with Crippen LogP contribution in [0.1, 0.15) is 5.56 Å². The van der Waals surface area contributed by atoms with Crippen molar-refractivity contribution in [3.8, 4) is 16.9 Å². The Kier molecular flexibility index (Phi) is 4.43. The molecule has 1 saturated heterocycles. The van der Waals surface area contributed by atoms with E-state index in [1.54, 1.807) is 0 Å². The molecule has 0 bridgehead atoms. The second-order valence-electron chi connectivity index (χ2n) is 8.48. The van der Waals surface area contributed by atoms with E-state index in [-0.39, 0.29) is 5.75 Å². The Hall–Kier alpha value is -3.49. The van der Waals surface area contributed by atoms with E-state index >= 15 is 0 Å². The zero-order valence-corrected chi connectivity index (χ0v) is 19.1. The van der Waals surface area contributed by atoms with Gasteiger partial charge < -0.3 is 0 Å². The molecule has 1 fully saturated rings. The molecule has 33 heavy (non-hydrogen) atoms. The Balaban J connectivity index is 1.85. The van der Waals surface area contributed by atoms with Crippen molar-refractivity contribution in [3.05, 3.63) is 121 Å². The summed E-state index contributed by atoms with van der Waals surface area (Å²) < 4.78 is 12.7. The van der Waals surface area contributed by atoms with Gasteiger partial charge in [-0.25, -0.2) is 0 Å². The summed E-state index contributed by atoms with van der Waals surface area (Å²) in [5, 5.41) is 15.8. The van der Waals surface area contributed by atoms with E-state index in [1.807, 2.05) is 72.8 Å². The first-order valence-corrected chi connectivity index (χ1v) is 13.0. The summed E-state index contributed by atoms with van der Waals surface area (Å²) in [6, 6.07) is 38.5. The first-order chi connectivity index (χ1) is 16.1. The minimum absolute atomic E-state index is 0.243. The van der Waals surface area contributed by atoms with Gasteiger partial charge in [0.25, 0.3) is 0 Å². The van der Waals surface area contributed by atoms with Gasteiger partial charge in [-0.05, 0) is 0 Å². The number of rotatable bonds is 4. The molecule has 0 radical (unpaired) electrons. The third-order valence-corrected chi connectivity index (χ3v) is 10.8. The van der Waals surface area contributed by atoms with Crippen molar-refractivity contribution in [2.45, 2.75) is 6.92 Å². The number of aromatic hydroxyl groups is 1. The summed E-state index contributed by atoms with van der Waals surface area (Å²) in [4.78, 5) is 0. The third-order valence-electron chi connectivity index (χ3n) is 6.48. The van der Waals surface area contributed by atoms with Crippen LogP contribution in [0, 0.1) is 6.92 Å². The van der Waals surface area contributed by atoms with Gasteiger partial charge in [0.1, 0.15) is 0 Å². The predicted octanol–water partition coefficient (Wildman–Crippen LogP) is 6.14. The molecule has 0 aromatic heterocycles. The molecular formula is C29H23O3P. The zero-order valence-electron chi connectivity index (χ0n) is 18.2. The maximum absolute atomic E-state index is 11.1. The number of fused-ring (bicyclic) bond motifs is 1. The topological polar surface area (TPSA) is 45.3 Å². The molecule has 1 aliphatic rings. The van der Waals surface area contributed by atoms with Gasteiger partial charge in [-0.3, -0.25) is 0 Å². The van der Waals surface area contributed by atoms with Crippen LogP contribution in [-0.2, 0) is 9.35 Å². The quantitative estimate of drug-likeness (QED) is 0.203. The molecule has 1 aliphatic heterocycles. The molecule has 3 nitrogen and oxygen atoms in total. The molecule has 0 saturated carbocycles. The van der Waals surface area contributed by atoms with Crippen LogP contribution in [0.2, 0.25) is 0 Å². The molecule has 6 rings (SSSR count). The van der Waals surface area contributed by atoms with E-state index < -0.39 is 7.06 Å². The molecule has 1 heterocycles. The number of phenols is 1. The SMILES string of the molecule is Cc1ccc2c(O)cc(-c3ccccc3)c(P3(c4ccccc4)(c4ccccc4)OO3)c2c1. The molecule has 0 atom stereocenters. The molecule has 5 aromatic rings. The van der Waals surface area contributed by atoms with Crippen molar-refractivity contribution in [1.29, 1.82) is 0 Å². The number of aryl methyl sites for hydroxylation is 1. The Morgan fingerprint density at radius 2 is 1.15 bits per heavy atom. The molecule has 0 amide bonds. The van der Waals surface area contributed by atoms with Gasteiger partial charge in [0, 0.05) is 0 Å². The standard InChI is InChI=1S/C29H23O3P/c1-21-17-18-25-27(19-21)29(26(20-28(25)30)22-11-5-2-6-12-22)33(31-32-33,23-13-7-3-8-14-23)24-15-9-4-10-16-24/h2-20,30H,1H3. The van der Waals surface area contributed by atoms with Crippen molar-refractivity contribution < 1.29 is 14.5 Å². The monoisotopic (exact) mass is 450 g/mol. The minimum atomic E-state index is -3.70. The van der Waals surface area contributed by atoms with E-state index in [1.165, 1.54) is 0 Å². The van der Waals surface area contributed by atoms with E-state index in [0.29, 0.717) is 0 Å². The van der Waals surface area contributed by atoms with Gasteiger partial charge in [0.15, 0.2) is 0 Å². The van der Waals surface area contributed by atoms with E-state index in [0.717, 1.165) is 43.4 Å². The molecule has 0 unspecified atom stereocenters. The summed E-state index contributed by atoms with van der Waals surface area (Å²) in [6.07, 6.45) is 0. The number of hydrogen-bond donors (Lipinski definition) is 1. The fraction of sp³-hybridized carbons (Fsp3) is 0.0345. The first kappa shape index (κ1) is 20.1. The van der Waals surface area contributed by atoms with E-state index in [4.69, 9.17) is 9.35 Å². The molecule has 0 aliphatic carbocycles. The van der Waals surface area contributed by atoms with Crippen molar-refractivity contribution in [2.24, 2.45) is 0 Å². The van der Waals surface area contributed by atoms with Crippen LogP contribution >= 0.6 is 7.06 Å². The van der Waals surface area contributed by atoms with Crippen LogP contribution < -0.4 is 15.9 Å². The summed E-state index contributed by atoms with van der Waals surface area (Å²) in [6.45, 7) is 2.06. The third kappa shape index (κ3) is 2.81. The van der Waals surface area contributed by atoms with E-state index in [9.17, 15) is 5.11 Å². The van der Waals surface area contributed by atoms with Crippen molar-refractivity contribution in [3.63, 3.8) is 0 Å². The summed E-state index contributed by atoms with van der Waals surface area (Å²) in [5.74, 6) is 0.243. The second-order valence-corrected chi connectivity index (χ2v) is 12.2. The van der Waals surface area contributed by atoms with E-state index in [2.05, 4.69) is 49.4 Å². The van der Waals surface area contributed by atoms with Crippen LogP contribution in [-0.4, -0.2) is 5.11 Å². The van der Waals surface area contributed by atoms with Crippen molar-refractivity contribution in [1.82, 2.24) is 0 Å². The molecule has 1 N–H and O–H groups in total. The molecule has 5 aromatic carbocycles. The first-order valence-electron chi connectivity index (χ1n) is 11.0. The second kappa shape index (κ2) is 7.26. The van der Waals surface area contributed by atoms with Gasteiger partial charge in [-0.15, -0.1) is 0 Å². The normalized spacial score (nSPS) is 17.2. The number of phenolic OH excluding ortho intramolecular Hbond substituents is 1. The summed E-state index contributed by atoms with van der Waals surface area (Å²) in [5.41, 5.74) is 3.02. The van der Waals surface area contributed by atoms with Crippen molar-refractivity contribution in [2.75, 3.05) is 0 Å². The van der Waals surface area contributed by atoms with Crippen LogP contribution in [0.15, 0.2) is 115 Å².